The second-order valence-corrected chi connectivity index (χ2v) is 5.78. The Labute approximate surface area is 133 Å². The van der Waals surface area contributed by atoms with Gasteiger partial charge in [0.2, 0.25) is 12.7 Å². The van der Waals surface area contributed by atoms with Crippen molar-refractivity contribution in [3.63, 3.8) is 0 Å². The lowest BCUT2D eigenvalue weighted by Gasteiger charge is -2.09. The van der Waals surface area contributed by atoms with Gasteiger partial charge in [-0.05, 0) is 42.5 Å². The minimum atomic E-state index is 0.0131. The molecule has 3 rings (SSSR count). The number of benzene rings is 2. The molecule has 0 spiro atoms. The van der Waals surface area contributed by atoms with E-state index in [9.17, 15) is 4.79 Å². The maximum Gasteiger partial charge on any atom is 0.231 e. The standard InChI is InChI=1S/C17H17NO3S/c1-22-16-5-3-2-4-13(16)18-17(19)9-7-12-6-8-14-15(10-12)21-11-20-14/h2-6,8,10H,7,9,11H2,1H3,(H,18,19). The van der Waals surface area contributed by atoms with Crippen LogP contribution < -0.4 is 14.8 Å². The average Bonchev–Trinajstić information content (AvgIpc) is 3.01. The quantitative estimate of drug-likeness (QED) is 0.855. The topological polar surface area (TPSA) is 47.6 Å². The van der Waals surface area contributed by atoms with Gasteiger partial charge in [-0.3, -0.25) is 4.79 Å². The predicted octanol–water partition coefficient (Wildman–Crippen LogP) is 3.71. The van der Waals surface area contributed by atoms with Crippen LogP contribution in [0.2, 0.25) is 0 Å². The molecule has 0 aliphatic carbocycles. The van der Waals surface area contributed by atoms with E-state index in [0.29, 0.717) is 12.8 Å². The van der Waals surface area contributed by atoms with Crippen molar-refractivity contribution in [3.8, 4) is 11.5 Å². The van der Waals surface area contributed by atoms with E-state index in [1.165, 1.54) is 0 Å². The van der Waals surface area contributed by atoms with Crippen molar-refractivity contribution < 1.29 is 14.3 Å². The van der Waals surface area contributed by atoms with Gasteiger partial charge in [0.15, 0.2) is 11.5 Å². The second-order valence-electron chi connectivity index (χ2n) is 4.94. The van der Waals surface area contributed by atoms with E-state index in [0.717, 1.165) is 27.6 Å². The van der Waals surface area contributed by atoms with Crippen LogP contribution in [0.5, 0.6) is 11.5 Å². The molecule has 5 heteroatoms. The lowest BCUT2D eigenvalue weighted by molar-refractivity contribution is -0.116. The molecule has 22 heavy (non-hydrogen) atoms. The number of carbonyl (C=O) groups is 1. The third-order valence-corrected chi connectivity index (χ3v) is 4.25. The highest BCUT2D eigenvalue weighted by Crippen LogP contribution is 2.32. The second kappa shape index (κ2) is 6.75. The number of fused-ring (bicyclic) bond motifs is 1. The van der Waals surface area contributed by atoms with Gasteiger partial charge in [-0.25, -0.2) is 0 Å². The molecular formula is C17H17NO3S. The summed E-state index contributed by atoms with van der Waals surface area (Å²) in [6, 6.07) is 13.6. The molecule has 0 unspecified atom stereocenters. The molecule has 1 aliphatic heterocycles. The van der Waals surface area contributed by atoms with Gasteiger partial charge in [0, 0.05) is 11.3 Å². The third-order valence-electron chi connectivity index (χ3n) is 3.46. The Morgan fingerprint density at radius 1 is 1.18 bits per heavy atom. The number of nitrogens with one attached hydrogen (secondary N) is 1. The summed E-state index contributed by atoms with van der Waals surface area (Å²) in [6.07, 6.45) is 3.10. The van der Waals surface area contributed by atoms with E-state index in [4.69, 9.17) is 9.47 Å². The number of amides is 1. The molecule has 1 aliphatic rings. The van der Waals surface area contributed by atoms with Crippen LogP contribution in [0.4, 0.5) is 5.69 Å². The summed E-state index contributed by atoms with van der Waals surface area (Å²) in [7, 11) is 0. The first-order chi connectivity index (χ1) is 10.8. The van der Waals surface area contributed by atoms with Gasteiger partial charge in [-0.1, -0.05) is 18.2 Å². The lowest BCUT2D eigenvalue weighted by atomic mass is 10.1. The first-order valence-electron chi connectivity index (χ1n) is 7.07. The fourth-order valence-corrected chi connectivity index (χ4v) is 2.87. The highest BCUT2D eigenvalue weighted by molar-refractivity contribution is 7.98. The molecule has 114 valence electrons. The fourth-order valence-electron chi connectivity index (χ4n) is 2.31. The van der Waals surface area contributed by atoms with Gasteiger partial charge in [0.1, 0.15) is 0 Å². The highest BCUT2D eigenvalue weighted by atomic mass is 32.2. The van der Waals surface area contributed by atoms with E-state index in [-0.39, 0.29) is 12.7 Å². The first kappa shape index (κ1) is 14.8. The minimum absolute atomic E-state index is 0.0131. The number of carbonyl (C=O) groups excluding carboxylic acids is 1. The Balaban J connectivity index is 1.58. The Morgan fingerprint density at radius 2 is 2.00 bits per heavy atom. The summed E-state index contributed by atoms with van der Waals surface area (Å²) in [5.41, 5.74) is 1.93. The van der Waals surface area contributed by atoms with Gasteiger partial charge >= 0.3 is 0 Å². The van der Waals surface area contributed by atoms with Crippen molar-refractivity contribution >= 4 is 23.4 Å². The predicted molar refractivity (Wildman–Crippen MR) is 87.7 cm³/mol. The molecule has 0 atom stereocenters. The first-order valence-corrected chi connectivity index (χ1v) is 8.30. The van der Waals surface area contributed by atoms with Crippen molar-refractivity contribution in [1.29, 1.82) is 0 Å². The number of aryl methyl sites for hydroxylation is 1. The maximum atomic E-state index is 12.1. The number of hydrogen-bond donors (Lipinski definition) is 1. The van der Waals surface area contributed by atoms with E-state index in [1.807, 2.05) is 48.7 Å². The maximum absolute atomic E-state index is 12.1. The molecule has 0 fully saturated rings. The molecular weight excluding hydrogens is 298 g/mol. The monoisotopic (exact) mass is 315 g/mol. The molecule has 0 bridgehead atoms. The summed E-state index contributed by atoms with van der Waals surface area (Å²) in [4.78, 5) is 13.2. The van der Waals surface area contributed by atoms with Crippen LogP contribution in [-0.4, -0.2) is 19.0 Å². The molecule has 0 saturated heterocycles. The number of anilines is 1. The van der Waals surface area contributed by atoms with E-state index < -0.39 is 0 Å². The van der Waals surface area contributed by atoms with Crippen LogP contribution in [-0.2, 0) is 11.2 Å². The molecule has 2 aromatic carbocycles. The summed E-state index contributed by atoms with van der Waals surface area (Å²) < 4.78 is 10.6. The zero-order valence-corrected chi connectivity index (χ0v) is 13.1. The van der Waals surface area contributed by atoms with Crippen molar-refractivity contribution in [1.82, 2.24) is 0 Å². The average molecular weight is 315 g/mol. The van der Waals surface area contributed by atoms with Gasteiger partial charge < -0.3 is 14.8 Å². The Kier molecular flexibility index (Phi) is 4.53. The molecule has 2 aromatic rings. The third kappa shape index (κ3) is 3.36. The summed E-state index contributed by atoms with van der Waals surface area (Å²) in [5.74, 6) is 1.53. The molecule has 0 radical (unpaired) electrons. The summed E-state index contributed by atoms with van der Waals surface area (Å²) in [6.45, 7) is 0.269. The number of thioether (sulfide) groups is 1. The minimum Gasteiger partial charge on any atom is -0.454 e. The number of hydrogen-bond acceptors (Lipinski definition) is 4. The van der Waals surface area contributed by atoms with E-state index in [1.54, 1.807) is 11.8 Å². The molecule has 1 N–H and O–H groups in total. The van der Waals surface area contributed by atoms with Gasteiger partial charge in [0.05, 0.1) is 5.69 Å². The smallest absolute Gasteiger partial charge is 0.231 e. The van der Waals surface area contributed by atoms with E-state index in [2.05, 4.69) is 5.32 Å². The van der Waals surface area contributed by atoms with Gasteiger partial charge in [0.25, 0.3) is 0 Å². The van der Waals surface area contributed by atoms with Crippen molar-refractivity contribution in [2.45, 2.75) is 17.7 Å². The molecule has 1 amide bonds. The zero-order chi connectivity index (χ0) is 15.4. The highest BCUT2D eigenvalue weighted by Gasteiger charge is 2.13. The number of rotatable bonds is 5. The Bertz CT molecular complexity index is 687. The largest absolute Gasteiger partial charge is 0.454 e. The van der Waals surface area contributed by atoms with Crippen molar-refractivity contribution in [2.75, 3.05) is 18.4 Å². The van der Waals surface area contributed by atoms with Crippen molar-refractivity contribution in [3.05, 3.63) is 48.0 Å². The molecule has 1 heterocycles. The Morgan fingerprint density at radius 3 is 2.86 bits per heavy atom. The Hall–Kier alpha value is -2.14. The van der Waals surface area contributed by atoms with Crippen LogP contribution in [0.3, 0.4) is 0 Å². The van der Waals surface area contributed by atoms with Crippen LogP contribution in [0.25, 0.3) is 0 Å². The zero-order valence-electron chi connectivity index (χ0n) is 12.3. The van der Waals surface area contributed by atoms with Gasteiger partial charge in [-0.2, -0.15) is 0 Å². The fraction of sp³-hybridized carbons (Fsp3) is 0.235. The number of para-hydroxylation sites is 1. The lowest BCUT2D eigenvalue weighted by Crippen LogP contribution is -2.12. The summed E-state index contributed by atoms with van der Waals surface area (Å²) >= 11 is 1.62. The van der Waals surface area contributed by atoms with Crippen LogP contribution in [0, 0.1) is 0 Å². The number of ether oxygens (including phenoxy) is 2. The summed E-state index contributed by atoms with van der Waals surface area (Å²) in [5, 5.41) is 2.97. The molecule has 0 aromatic heterocycles. The van der Waals surface area contributed by atoms with Crippen LogP contribution in [0.1, 0.15) is 12.0 Å². The van der Waals surface area contributed by atoms with Crippen LogP contribution in [0.15, 0.2) is 47.4 Å². The molecule has 4 nitrogen and oxygen atoms in total. The SMILES string of the molecule is CSc1ccccc1NC(=O)CCc1ccc2c(c1)OCO2. The normalized spacial score (nSPS) is 12.2. The van der Waals surface area contributed by atoms with Crippen LogP contribution >= 0.6 is 11.8 Å². The van der Waals surface area contributed by atoms with E-state index >= 15 is 0 Å². The van der Waals surface area contributed by atoms with Gasteiger partial charge in [-0.15, -0.1) is 11.8 Å². The van der Waals surface area contributed by atoms with Crippen molar-refractivity contribution in [2.24, 2.45) is 0 Å². The molecule has 0 saturated carbocycles.